The molecule has 0 aliphatic rings. The average molecular weight is 397 g/mol. The van der Waals surface area contributed by atoms with E-state index in [0.29, 0.717) is 12.1 Å². The summed E-state index contributed by atoms with van der Waals surface area (Å²) in [5, 5.41) is 14.7. The van der Waals surface area contributed by atoms with Crippen LogP contribution in [0.3, 0.4) is 0 Å². The first-order chi connectivity index (χ1) is 13.8. The van der Waals surface area contributed by atoms with Crippen LogP contribution in [0.15, 0.2) is 48.5 Å². The van der Waals surface area contributed by atoms with Crippen LogP contribution in [0.1, 0.15) is 34.7 Å². The predicted molar refractivity (Wildman–Crippen MR) is 110 cm³/mol. The number of urea groups is 1. The van der Waals surface area contributed by atoms with Crippen LogP contribution >= 0.6 is 0 Å². The number of aryl methyl sites for hydroxylation is 2. The molecule has 2 rings (SSSR count). The van der Waals surface area contributed by atoms with E-state index in [0.717, 1.165) is 16.7 Å². The molecule has 0 aliphatic heterocycles. The molecule has 0 bridgehead atoms. The summed E-state index contributed by atoms with van der Waals surface area (Å²) < 4.78 is 0. The molecule has 2 aromatic carbocycles. The second-order valence-corrected chi connectivity index (χ2v) is 7.01. The second kappa shape index (κ2) is 10.3. The molecule has 3 amide bonds. The van der Waals surface area contributed by atoms with Crippen LogP contribution in [0.2, 0.25) is 0 Å². The van der Waals surface area contributed by atoms with Gasteiger partial charge >= 0.3 is 12.0 Å². The highest BCUT2D eigenvalue weighted by atomic mass is 16.4. The zero-order valence-electron chi connectivity index (χ0n) is 16.9. The molecule has 3 N–H and O–H groups in total. The van der Waals surface area contributed by atoms with E-state index in [1.165, 1.54) is 4.90 Å². The van der Waals surface area contributed by atoms with E-state index < -0.39 is 17.9 Å². The van der Waals surface area contributed by atoms with Gasteiger partial charge in [-0.25, -0.2) is 9.59 Å². The maximum Gasteiger partial charge on any atom is 0.330 e. The Bertz CT molecular complexity index is 868. The molecule has 2 aromatic rings. The molecule has 7 nitrogen and oxygen atoms in total. The Morgan fingerprint density at radius 3 is 2.34 bits per heavy atom. The first-order valence-corrected chi connectivity index (χ1v) is 9.40. The number of aliphatic carboxylic acids is 1. The summed E-state index contributed by atoms with van der Waals surface area (Å²) in [5.74, 6) is -1.57. The number of amides is 3. The molecule has 0 aliphatic carbocycles. The standard InChI is InChI=1S/C22H27N3O4/c1-15-9-10-18(13-16(15)2)20(21(27)28)24-19(26)11-12-23-22(29)25(3)14-17-7-5-4-6-8-17/h4-10,13,20H,11-12,14H2,1-3H3,(H,23,29)(H,24,26)(H,27,28). The van der Waals surface area contributed by atoms with Gasteiger partial charge in [-0.3, -0.25) is 4.79 Å². The van der Waals surface area contributed by atoms with Crippen LogP contribution in [0.4, 0.5) is 4.79 Å². The van der Waals surface area contributed by atoms with Crippen molar-refractivity contribution in [1.29, 1.82) is 0 Å². The quantitative estimate of drug-likeness (QED) is 0.638. The molecule has 0 saturated heterocycles. The highest BCUT2D eigenvalue weighted by Gasteiger charge is 2.22. The minimum Gasteiger partial charge on any atom is -0.479 e. The molecule has 1 atom stereocenters. The smallest absolute Gasteiger partial charge is 0.330 e. The average Bonchev–Trinajstić information content (AvgIpc) is 2.68. The molecule has 0 heterocycles. The van der Waals surface area contributed by atoms with E-state index in [9.17, 15) is 19.5 Å². The molecular formula is C22H27N3O4. The van der Waals surface area contributed by atoms with Gasteiger partial charge in [-0.2, -0.15) is 0 Å². The van der Waals surface area contributed by atoms with Gasteiger partial charge in [0, 0.05) is 26.6 Å². The Morgan fingerprint density at radius 1 is 1.03 bits per heavy atom. The number of carbonyl (C=O) groups excluding carboxylic acids is 2. The Balaban J connectivity index is 1.83. The van der Waals surface area contributed by atoms with Crippen LogP contribution in [0.5, 0.6) is 0 Å². The molecule has 0 radical (unpaired) electrons. The Kier molecular flexibility index (Phi) is 7.77. The molecule has 1 unspecified atom stereocenters. The number of benzene rings is 2. The largest absolute Gasteiger partial charge is 0.479 e. The van der Waals surface area contributed by atoms with Gasteiger partial charge in [-0.05, 0) is 36.1 Å². The van der Waals surface area contributed by atoms with Gasteiger partial charge in [-0.15, -0.1) is 0 Å². The monoisotopic (exact) mass is 397 g/mol. The third-order valence-electron chi connectivity index (χ3n) is 4.65. The summed E-state index contributed by atoms with van der Waals surface area (Å²) in [6.45, 7) is 4.39. The number of hydrogen-bond donors (Lipinski definition) is 3. The lowest BCUT2D eigenvalue weighted by molar-refractivity contribution is -0.142. The van der Waals surface area contributed by atoms with Gasteiger partial charge in [-0.1, -0.05) is 48.5 Å². The number of hydrogen-bond acceptors (Lipinski definition) is 3. The van der Waals surface area contributed by atoms with Crippen LogP contribution in [0, 0.1) is 13.8 Å². The number of carboxylic acids is 1. The molecular weight excluding hydrogens is 370 g/mol. The van der Waals surface area contributed by atoms with Crippen LogP contribution in [-0.4, -0.2) is 41.5 Å². The first kappa shape index (κ1) is 21.9. The van der Waals surface area contributed by atoms with Crippen molar-refractivity contribution in [1.82, 2.24) is 15.5 Å². The number of carboxylic acid groups (broad SMARTS) is 1. The van der Waals surface area contributed by atoms with E-state index in [4.69, 9.17) is 0 Å². The summed E-state index contributed by atoms with van der Waals surface area (Å²) in [5.41, 5.74) is 3.52. The van der Waals surface area contributed by atoms with E-state index >= 15 is 0 Å². The summed E-state index contributed by atoms with van der Waals surface area (Å²) in [6.07, 6.45) is -0.0143. The van der Waals surface area contributed by atoms with Crippen LogP contribution in [-0.2, 0) is 16.1 Å². The van der Waals surface area contributed by atoms with E-state index in [1.54, 1.807) is 19.2 Å². The fourth-order valence-corrected chi connectivity index (χ4v) is 2.81. The van der Waals surface area contributed by atoms with Gasteiger partial charge < -0.3 is 20.6 Å². The summed E-state index contributed by atoms with van der Waals surface area (Å²) in [6, 6.07) is 13.4. The lowest BCUT2D eigenvalue weighted by Crippen LogP contribution is -2.40. The summed E-state index contributed by atoms with van der Waals surface area (Å²) >= 11 is 0. The molecule has 0 aromatic heterocycles. The second-order valence-electron chi connectivity index (χ2n) is 7.01. The van der Waals surface area contributed by atoms with Crippen molar-refractivity contribution in [3.63, 3.8) is 0 Å². The first-order valence-electron chi connectivity index (χ1n) is 9.40. The van der Waals surface area contributed by atoms with Crippen molar-refractivity contribution >= 4 is 17.9 Å². The zero-order valence-corrected chi connectivity index (χ0v) is 16.9. The SMILES string of the molecule is Cc1ccc(C(NC(=O)CCNC(=O)N(C)Cc2ccccc2)C(=O)O)cc1C. The Hall–Kier alpha value is -3.35. The van der Waals surface area contributed by atoms with Gasteiger partial charge in [0.2, 0.25) is 5.91 Å². The number of carbonyl (C=O) groups is 3. The maximum absolute atomic E-state index is 12.2. The molecule has 0 spiro atoms. The van der Waals surface area contributed by atoms with E-state index in [1.807, 2.05) is 50.2 Å². The van der Waals surface area contributed by atoms with Crippen molar-refractivity contribution < 1.29 is 19.5 Å². The van der Waals surface area contributed by atoms with Crippen molar-refractivity contribution in [3.8, 4) is 0 Å². The van der Waals surface area contributed by atoms with E-state index in [2.05, 4.69) is 10.6 Å². The topological polar surface area (TPSA) is 98.7 Å². The summed E-state index contributed by atoms with van der Waals surface area (Å²) in [7, 11) is 1.67. The molecule has 154 valence electrons. The van der Waals surface area contributed by atoms with Gasteiger partial charge in [0.1, 0.15) is 0 Å². The van der Waals surface area contributed by atoms with E-state index in [-0.39, 0.29) is 19.0 Å². The van der Waals surface area contributed by atoms with Gasteiger partial charge in [0.15, 0.2) is 6.04 Å². The molecule has 7 heteroatoms. The molecule has 0 fully saturated rings. The molecule has 29 heavy (non-hydrogen) atoms. The molecule has 0 saturated carbocycles. The Morgan fingerprint density at radius 2 is 1.72 bits per heavy atom. The normalized spacial score (nSPS) is 11.4. The van der Waals surface area contributed by atoms with Crippen LogP contribution in [0.25, 0.3) is 0 Å². The lowest BCUT2D eigenvalue weighted by Gasteiger charge is -2.19. The fourth-order valence-electron chi connectivity index (χ4n) is 2.81. The minimum absolute atomic E-state index is 0.0143. The van der Waals surface area contributed by atoms with Gasteiger partial charge in [0.05, 0.1) is 0 Å². The summed E-state index contributed by atoms with van der Waals surface area (Å²) in [4.78, 5) is 37.4. The fraction of sp³-hybridized carbons (Fsp3) is 0.318. The Labute approximate surface area is 170 Å². The lowest BCUT2D eigenvalue weighted by atomic mass is 10.0. The maximum atomic E-state index is 12.2. The van der Waals surface area contributed by atoms with Crippen LogP contribution < -0.4 is 10.6 Å². The third-order valence-corrected chi connectivity index (χ3v) is 4.65. The van der Waals surface area contributed by atoms with Crippen molar-refractivity contribution in [3.05, 3.63) is 70.8 Å². The van der Waals surface area contributed by atoms with Crippen molar-refractivity contribution in [2.75, 3.05) is 13.6 Å². The van der Waals surface area contributed by atoms with Crippen molar-refractivity contribution in [2.24, 2.45) is 0 Å². The number of nitrogens with zero attached hydrogens (tertiary/aromatic N) is 1. The van der Waals surface area contributed by atoms with Crippen molar-refractivity contribution in [2.45, 2.75) is 32.9 Å². The zero-order chi connectivity index (χ0) is 21.4. The number of rotatable bonds is 8. The highest BCUT2D eigenvalue weighted by molar-refractivity contribution is 5.85. The third kappa shape index (κ3) is 6.64. The minimum atomic E-state index is -1.13. The number of nitrogens with one attached hydrogen (secondary N) is 2. The highest BCUT2D eigenvalue weighted by Crippen LogP contribution is 2.17. The predicted octanol–water partition coefficient (Wildman–Crippen LogP) is 2.78. The van der Waals surface area contributed by atoms with Gasteiger partial charge in [0.25, 0.3) is 0 Å².